The number of nitrogens with one attached hydrogen (secondary N) is 1. The highest BCUT2D eigenvalue weighted by Crippen LogP contribution is 2.33. The molecule has 1 aromatic heterocycles. The Balaban J connectivity index is 2.13. The molecule has 0 fully saturated rings. The maximum absolute atomic E-state index is 12.1. The molecule has 7 nitrogen and oxygen atoms in total. The van der Waals surface area contributed by atoms with E-state index in [-0.39, 0.29) is 5.69 Å². The molecule has 2 aromatic carbocycles. The van der Waals surface area contributed by atoms with Gasteiger partial charge in [0.25, 0.3) is 0 Å². The van der Waals surface area contributed by atoms with Gasteiger partial charge in [0, 0.05) is 29.3 Å². The molecule has 1 heterocycles. The Morgan fingerprint density at radius 3 is 2.29 bits per heavy atom. The van der Waals surface area contributed by atoms with Crippen LogP contribution in [0.4, 0.5) is 11.4 Å². The summed E-state index contributed by atoms with van der Waals surface area (Å²) in [6.07, 6.45) is 0. The molecule has 0 aliphatic carbocycles. The van der Waals surface area contributed by atoms with Gasteiger partial charge in [0.1, 0.15) is 17.2 Å². The third-order valence-electron chi connectivity index (χ3n) is 4.12. The van der Waals surface area contributed by atoms with Crippen molar-refractivity contribution in [2.45, 2.75) is 6.92 Å². The first kappa shape index (κ1) is 19.3. The highest BCUT2D eigenvalue weighted by molar-refractivity contribution is 5.99. The van der Waals surface area contributed by atoms with Gasteiger partial charge in [-0.25, -0.2) is 9.78 Å². The fourth-order valence-corrected chi connectivity index (χ4v) is 2.81. The lowest BCUT2D eigenvalue weighted by molar-refractivity contribution is 0.0594. The van der Waals surface area contributed by atoms with E-state index in [1.807, 2.05) is 37.3 Å². The van der Waals surface area contributed by atoms with E-state index in [2.05, 4.69) is 10.3 Å². The number of nitrogens with zero attached hydrogens (tertiary/aromatic N) is 1. The number of fused-ring (bicyclic) bond motifs is 1. The first-order valence-corrected chi connectivity index (χ1v) is 8.74. The van der Waals surface area contributed by atoms with Crippen LogP contribution in [0, 0.1) is 0 Å². The summed E-state index contributed by atoms with van der Waals surface area (Å²) in [6, 6.07) is 12.6. The van der Waals surface area contributed by atoms with Crippen LogP contribution in [0.2, 0.25) is 0 Å². The minimum atomic E-state index is -0.512. The Bertz CT molecular complexity index is 981. The van der Waals surface area contributed by atoms with Crippen LogP contribution >= 0.6 is 0 Å². The molecular weight excluding hydrogens is 360 g/mol. The second-order valence-corrected chi connectivity index (χ2v) is 5.88. The second kappa shape index (κ2) is 8.47. The van der Waals surface area contributed by atoms with Gasteiger partial charge in [-0.1, -0.05) is 0 Å². The van der Waals surface area contributed by atoms with E-state index >= 15 is 0 Å². The summed E-state index contributed by atoms with van der Waals surface area (Å²) in [5.41, 5.74) is 2.27. The van der Waals surface area contributed by atoms with Crippen LogP contribution in [-0.2, 0) is 4.74 Å². The number of hydrogen-bond donors (Lipinski definition) is 1. The Morgan fingerprint density at radius 1 is 0.964 bits per heavy atom. The predicted molar refractivity (Wildman–Crippen MR) is 107 cm³/mol. The molecule has 0 atom stereocenters. The van der Waals surface area contributed by atoms with Crippen LogP contribution in [0.15, 0.2) is 42.5 Å². The maximum Gasteiger partial charge on any atom is 0.356 e. The summed E-state index contributed by atoms with van der Waals surface area (Å²) >= 11 is 0. The number of aromatic nitrogens is 1. The molecular formula is C21H22N2O5. The number of carbonyl (C=O) groups is 1. The summed E-state index contributed by atoms with van der Waals surface area (Å²) in [5.74, 6) is 1.49. The van der Waals surface area contributed by atoms with Crippen molar-refractivity contribution < 1.29 is 23.7 Å². The van der Waals surface area contributed by atoms with E-state index in [0.717, 1.165) is 11.1 Å². The molecule has 28 heavy (non-hydrogen) atoms. The lowest BCUT2D eigenvalue weighted by atomic mass is 10.1. The van der Waals surface area contributed by atoms with Gasteiger partial charge < -0.3 is 24.3 Å². The summed E-state index contributed by atoms with van der Waals surface area (Å²) in [4.78, 5) is 16.5. The van der Waals surface area contributed by atoms with Gasteiger partial charge in [-0.2, -0.15) is 0 Å². The summed E-state index contributed by atoms with van der Waals surface area (Å²) in [7, 11) is 4.50. The van der Waals surface area contributed by atoms with E-state index in [9.17, 15) is 4.79 Å². The number of anilines is 2. The van der Waals surface area contributed by atoms with Gasteiger partial charge >= 0.3 is 5.97 Å². The highest BCUT2D eigenvalue weighted by atomic mass is 16.5. The molecule has 0 saturated heterocycles. The zero-order valence-corrected chi connectivity index (χ0v) is 16.2. The molecule has 0 saturated carbocycles. The molecule has 0 radical (unpaired) electrons. The predicted octanol–water partition coefficient (Wildman–Crippen LogP) is 4.18. The number of esters is 1. The minimum Gasteiger partial charge on any atom is -0.497 e. The minimum absolute atomic E-state index is 0.205. The molecule has 0 amide bonds. The standard InChI is InChI=1S/C21H22N2O5/c1-5-28-14-6-7-18-17(11-14)19(12-20(23-18)21(24)27-4)22-13-8-15(25-2)10-16(9-13)26-3/h6-12H,5H2,1-4H3,(H,22,23). The molecule has 146 valence electrons. The van der Waals surface area contributed by atoms with Gasteiger partial charge in [0.2, 0.25) is 0 Å². The zero-order valence-electron chi connectivity index (χ0n) is 16.2. The van der Waals surface area contributed by atoms with Crippen LogP contribution in [0.25, 0.3) is 10.9 Å². The lowest BCUT2D eigenvalue weighted by Gasteiger charge is -2.14. The summed E-state index contributed by atoms with van der Waals surface area (Å²) < 4.78 is 21.1. The zero-order chi connectivity index (χ0) is 20.1. The number of ether oxygens (including phenoxy) is 4. The normalized spacial score (nSPS) is 10.4. The number of carbonyl (C=O) groups excluding carboxylic acids is 1. The number of rotatable bonds is 7. The topological polar surface area (TPSA) is 78.9 Å². The monoisotopic (exact) mass is 382 g/mol. The van der Waals surface area contributed by atoms with E-state index in [4.69, 9.17) is 18.9 Å². The fraction of sp³-hybridized carbons (Fsp3) is 0.238. The lowest BCUT2D eigenvalue weighted by Crippen LogP contribution is -2.06. The average Bonchev–Trinajstić information content (AvgIpc) is 2.73. The van der Waals surface area contributed by atoms with Crippen LogP contribution in [0.3, 0.4) is 0 Å². The SMILES string of the molecule is CCOc1ccc2nc(C(=O)OC)cc(Nc3cc(OC)cc(OC)c3)c2c1. The van der Waals surface area contributed by atoms with E-state index < -0.39 is 5.97 Å². The molecule has 3 aromatic rings. The second-order valence-electron chi connectivity index (χ2n) is 5.88. The molecule has 0 spiro atoms. The quantitative estimate of drug-likeness (QED) is 0.614. The van der Waals surface area contributed by atoms with Crippen molar-refractivity contribution in [3.63, 3.8) is 0 Å². The van der Waals surface area contributed by atoms with Gasteiger partial charge in [-0.3, -0.25) is 0 Å². The van der Waals surface area contributed by atoms with Crippen molar-refractivity contribution in [2.75, 3.05) is 33.3 Å². The first-order chi connectivity index (χ1) is 13.6. The van der Waals surface area contributed by atoms with Crippen molar-refractivity contribution >= 4 is 28.2 Å². The summed E-state index contributed by atoms with van der Waals surface area (Å²) in [5, 5.41) is 4.13. The van der Waals surface area contributed by atoms with Crippen molar-refractivity contribution in [3.8, 4) is 17.2 Å². The Labute approximate surface area is 163 Å². The maximum atomic E-state index is 12.1. The molecule has 0 aliphatic rings. The third kappa shape index (κ3) is 4.09. The van der Waals surface area contributed by atoms with Crippen molar-refractivity contribution in [2.24, 2.45) is 0 Å². The smallest absolute Gasteiger partial charge is 0.356 e. The average molecular weight is 382 g/mol. The molecule has 0 unspecified atom stereocenters. The number of pyridine rings is 1. The van der Waals surface area contributed by atoms with E-state index in [1.165, 1.54) is 7.11 Å². The van der Waals surface area contributed by atoms with Gasteiger partial charge in [-0.05, 0) is 31.2 Å². The Kier molecular flexibility index (Phi) is 5.84. The summed E-state index contributed by atoms with van der Waals surface area (Å²) in [6.45, 7) is 2.47. The van der Waals surface area contributed by atoms with Crippen molar-refractivity contribution in [1.29, 1.82) is 0 Å². The number of methoxy groups -OCH3 is 3. The largest absolute Gasteiger partial charge is 0.497 e. The van der Waals surface area contributed by atoms with Crippen LogP contribution in [0.1, 0.15) is 17.4 Å². The van der Waals surface area contributed by atoms with Gasteiger partial charge in [-0.15, -0.1) is 0 Å². The van der Waals surface area contributed by atoms with Gasteiger partial charge in [0.05, 0.1) is 39.1 Å². The van der Waals surface area contributed by atoms with Crippen LogP contribution in [-0.4, -0.2) is 38.9 Å². The van der Waals surface area contributed by atoms with E-state index in [1.54, 1.807) is 26.4 Å². The molecule has 0 bridgehead atoms. The van der Waals surface area contributed by atoms with Crippen molar-refractivity contribution in [1.82, 2.24) is 4.98 Å². The molecule has 7 heteroatoms. The molecule has 0 aliphatic heterocycles. The van der Waals surface area contributed by atoms with Crippen molar-refractivity contribution in [3.05, 3.63) is 48.2 Å². The number of benzene rings is 2. The third-order valence-corrected chi connectivity index (χ3v) is 4.12. The molecule has 1 N–H and O–H groups in total. The Morgan fingerprint density at radius 2 is 1.68 bits per heavy atom. The number of hydrogen-bond acceptors (Lipinski definition) is 7. The van der Waals surface area contributed by atoms with Gasteiger partial charge in [0.15, 0.2) is 5.69 Å². The fourth-order valence-electron chi connectivity index (χ4n) is 2.81. The highest BCUT2D eigenvalue weighted by Gasteiger charge is 2.14. The molecule has 3 rings (SSSR count). The van der Waals surface area contributed by atoms with Crippen LogP contribution < -0.4 is 19.5 Å². The Hall–Kier alpha value is -3.48. The van der Waals surface area contributed by atoms with E-state index in [0.29, 0.717) is 35.1 Å². The van der Waals surface area contributed by atoms with Crippen LogP contribution in [0.5, 0.6) is 17.2 Å². The first-order valence-electron chi connectivity index (χ1n) is 8.74.